The van der Waals surface area contributed by atoms with Crippen LogP contribution in [0.15, 0.2) is 0 Å². The van der Waals surface area contributed by atoms with Crippen LogP contribution in [0, 0.1) is 12.3 Å². The molecule has 0 saturated carbocycles. The fourth-order valence-corrected chi connectivity index (χ4v) is 0.455. The second kappa shape index (κ2) is 4.83. The summed E-state index contributed by atoms with van der Waals surface area (Å²) >= 11 is 0. The van der Waals surface area contributed by atoms with Crippen molar-refractivity contribution in [1.82, 2.24) is 5.32 Å². The molecule has 0 rings (SSSR count). The molecule has 0 aromatic carbocycles. The van der Waals surface area contributed by atoms with Gasteiger partial charge < -0.3 is 11.1 Å². The van der Waals surface area contributed by atoms with Gasteiger partial charge in [-0.1, -0.05) is 12.8 Å². The number of rotatable bonds is 3. The van der Waals surface area contributed by atoms with Gasteiger partial charge in [0.25, 0.3) is 0 Å². The van der Waals surface area contributed by atoms with Gasteiger partial charge in [-0.25, -0.2) is 0 Å². The number of carbonyl (C=O) groups is 1. The Morgan fingerprint density at radius 1 is 1.90 bits per heavy atom. The van der Waals surface area contributed by atoms with E-state index in [9.17, 15) is 4.79 Å². The van der Waals surface area contributed by atoms with E-state index in [0.717, 1.165) is 0 Å². The fourth-order valence-electron chi connectivity index (χ4n) is 0.455. The third-order valence-electron chi connectivity index (χ3n) is 1.14. The molecule has 3 heteroatoms. The average molecular weight is 140 g/mol. The van der Waals surface area contributed by atoms with Crippen LogP contribution in [0.25, 0.3) is 0 Å². The Balaban J connectivity index is 3.54. The van der Waals surface area contributed by atoms with E-state index in [1.165, 1.54) is 0 Å². The molecular weight excluding hydrogens is 128 g/mol. The number of hydrogen-bond acceptors (Lipinski definition) is 2. The summed E-state index contributed by atoms with van der Waals surface area (Å²) in [5.41, 5.74) is 5.38. The number of terminal acetylenes is 1. The molecule has 3 nitrogen and oxygen atoms in total. The molecular formula is C7H12N2O. The number of carbonyl (C=O) groups excluding carboxylic acids is 1. The lowest BCUT2D eigenvalue weighted by atomic mass is 10.2. The fraction of sp³-hybridized carbons (Fsp3) is 0.571. The summed E-state index contributed by atoms with van der Waals surface area (Å²) in [4.78, 5) is 10.8. The third-order valence-corrected chi connectivity index (χ3v) is 1.14. The van der Waals surface area contributed by atoms with E-state index >= 15 is 0 Å². The smallest absolute Gasteiger partial charge is 0.237 e. The molecule has 1 atom stereocenters. The molecule has 56 valence electrons. The maximum absolute atomic E-state index is 10.8. The van der Waals surface area contributed by atoms with E-state index in [1.807, 2.05) is 6.92 Å². The minimum absolute atomic E-state index is 0.180. The second-order valence-electron chi connectivity index (χ2n) is 1.94. The zero-order valence-corrected chi connectivity index (χ0v) is 6.05. The van der Waals surface area contributed by atoms with Gasteiger partial charge in [-0.15, -0.1) is 6.42 Å². The number of nitrogens with two attached hydrogens (primary N) is 1. The molecule has 0 heterocycles. The topological polar surface area (TPSA) is 55.1 Å². The first kappa shape index (κ1) is 8.99. The zero-order valence-electron chi connectivity index (χ0n) is 6.05. The van der Waals surface area contributed by atoms with Gasteiger partial charge >= 0.3 is 0 Å². The first-order valence-corrected chi connectivity index (χ1v) is 3.19. The normalized spacial score (nSPS) is 11.7. The van der Waals surface area contributed by atoms with Crippen molar-refractivity contribution in [2.45, 2.75) is 19.4 Å². The SMILES string of the molecule is C#CCNC(=O)[C@H](N)CC. The molecule has 0 aliphatic carbocycles. The lowest BCUT2D eigenvalue weighted by Gasteiger charge is -2.06. The van der Waals surface area contributed by atoms with Gasteiger partial charge in [0.05, 0.1) is 12.6 Å². The highest BCUT2D eigenvalue weighted by Crippen LogP contribution is 1.83. The molecule has 0 aromatic rings. The monoisotopic (exact) mass is 140 g/mol. The van der Waals surface area contributed by atoms with E-state index in [4.69, 9.17) is 12.2 Å². The van der Waals surface area contributed by atoms with Gasteiger partial charge in [0.15, 0.2) is 0 Å². The molecule has 3 N–H and O–H groups in total. The van der Waals surface area contributed by atoms with Crippen molar-refractivity contribution in [2.24, 2.45) is 5.73 Å². The molecule has 0 bridgehead atoms. The van der Waals surface area contributed by atoms with Crippen LogP contribution in [0.1, 0.15) is 13.3 Å². The van der Waals surface area contributed by atoms with Crippen molar-refractivity contribution in [3.63, 3.8) is 0 Å². The molecule has 1 amide bonds. The van der Waals surface area contributed by atoms with E-state index in [2.05, 4.69) is 11.2 Å². The van der Waals surface area contributed by atoms with Crippen LogP contribution in [-0.4, -0.2) is 18.5 Å². The molecule has 0 fully saturated rings. The van der Waals surface area contributed by atoms with E-state index in [0.29, 0.717) is 6.42 Å². The molecule has 0 aromatic heterocycles. The minimum atomic E-state index is -0.423. The van der Waals surface area contributed by atoms with Crippen molar-refractivity contribution < 1.29 is 4.79 Å². The van der Waals surface area contributed by atoms with Crippen LogP contribution in [0.2, 0.25) is 0 Å². The van der Waals surface area contributed by atoms with Gasteiger partial charge in [0.1, 0.15) is 0 Å². The summed E-state index contributed by atoms with van der Waals surface area (Å²) in [6.07, 6.45) is 5.55. The highest BCUT2D eigenvalue weighted by molar-refractivity contribution is 5.81. The van der Waals surface area contributed by atoms with Gasteiger partial charge in [0, 0.05) is 0 Å². The zero-order chi connectivity index (χ0) is 7.98. The van der Waals surface area contributed by atoms with Crippen molar-refractivity contribution in [3.8, 4) is 12.3 Å². The summed E-state index contributed by atoms with van der Waals surface area (Å²) in [5.74, 6) is 2.11. The van der Waals surface area contributed by atoms with Crippen LogP contribution in [0.3, 0.4) is 0 Å². The maximum atomic E-state index is 10.8. The number of nitrogens with one attached hydrogen (secondary N) is 1. The van der Waals surface area contributed by atoms with Crippen molar-refractivity contribution in [3.05, 3.63) is 0 Å². The Hall–Kier alpha value is -1.01. The van der Waals surface area contributed by atoms with Crippen LogP contribution in [-0.2, 0) is 4.79 Å². The summed E-state index contributed by atoms with van der Waals surface area (Å²) in [7, 11) is 0. The van der Waals surface area contributed by atoms with Crippen LogP contribution >= 0.6 is 0 Å². The van der Waals surface area contributed by atoms with Gasteiger partial charge in [-0.05, 0) is 6.42 Å². The van der Waals surface area contributed by atoms with Gasteiger partial charge in [-0.2, -0.15) is 0 Å². The Morgan fingerprint density at radius 3 is 2.90 bits per heavy atom. The molecule has 0 aliphatic heterocycles. The van der Waals surface area contributed by atoms with Crippen LogP contribution in [0.5, 0.6) is 0 Å². The van der Waals surface area contributed by atoms with Crippen molar-refractivity contribution >= 4 is 5.91 Å². The van der Waals surface area contributed by atoms with Crippen LogP contribution < -0.4 is 11.1 Å². The molecule has 0 radical (unpaired) electrons. The molecule has 10 heavy (non-hydrogen) atoms. The predicted molar refractivity (Wildman–Crippen MR) is 40.1 cm³/mol. The first-order chi connectivity index (χ1) is 4.72. The highest BCUT2D eigenvalue weighted by Gasteiger charge is 2.07. The molecule has 0 aliphatic rings. The van der Waals surface area contributed by atoms with Crippen LogP contribution in [0.4, 0.5) is 0 Å². The average Bonchev–Trinajstić information content (AvgIpc) is 1.98. The summed E-state index contributed by atoms with van der Waals surface area (Å²) < 4.78 is 0. The van der Waals surface area contributed by atoms with Crippen molar-refractivity contribution in [2.75, 3.05) is 6.54 Å². The molecule has 0 spiro atoms. The number of amides is 1. The predicted octanol–water partition coefficient (Wildman–Crippen LogP) is -0.527. The lowest BCUT2D eigenvalue weighted by Crippen LogP contribution is -2.40. The van der Waals surface area contributed by atoms with Crippen molar-refractivity contribution in [1.29, 1.82) is 0 Å². The summed E-state index contributed by atoms with van der Waals surface area (Å²) in [5, 5.41) is 2.48. The third kappa shape index (κ3) is 3.10. The first-order valence-electron chi connectivity index (χ1n) is 3.19. The van der Waals surface area contributed by atoms with Gasteiger partial charge in [-0.3, -0.25) is 4.79 Å². The number of hydrogen-bond donors (Lipinski definition) is 2. The van der Waals surface area contributed by atoms with E-state index < -0.39 is 6.04 Å². The summed E-state index contributed by atoms with van der Waals surface area (Å²) in [6.45, 7) is 2.10. The van der Waals surface area contributed by atoms with E-state index in [-0.39, 0.29) is 12.5 Å². The second-order valence-corrected chi connectivity index (χ2v) is 1.94. The summed E-state index contributed by atoms with van der Waals surface area (Å²) in [6, 6.07) is -0.423. The Labute approximate surface area is 61.0 Å². The molecule has 0 unspecified atom stereocenters. The highest BCUT2D eigenvalue weighted by atomic mass is 16.2. The molecule has 0 saturated heterocycles. The minimum Gasteiger partial charge on any atom is -0.344 e. The maximum Gasteiger partial charge on any atom is 0.237 e. The Bertz CT molecular complexity index is 148. The standard InChI is InChI=1S/C7H12N2O/c1-3-5-9-7(10)6(8)4-2/h1,6H,4-5,8H2,2H3,(H,9,10)/t6-/m1/s1. The quantitative estimate of drug-likeness (QED) is 0.518. The Kier molecular flexibility index (Phi) is 4.34. The largest absolute Gasteiger partial charge is 0.344 e. The van der Waals surface area contributed by atoms with E-state index in [1.54, 1.807) is 0 Å². The Morgan fingerprint density at radius 2 is 2.50 bits per heavy atom. The van der Waals surface area contributed by atoms with Gasteiger partial charge in [0.2, 0.25) is 5.91 Å². The lowest BCUT2D eigenvalue weighted by molar-refractivity contribution is -0.122.